The summed E-state index contributed by atoms with van der Waals surface area (Å²) in [6, 6.07) is 28.3. The Hall–Kier alpha value is -2.62. The van der Waals surface area contributed by atoms with E-state index in [1.54, 1.807) is 0 Å². The van der Waals surface area contributed by atoms with Gasteiger partial charge in [0.25, 0.3) is 0 Å². The van der Waals surface area contributed by atoms with Gasteiger partial charge in [-0.2, -0.15) is 0 Å². The van der Waals surface area contributed by atoms with Crippen molar-refractivity contribution in [1.29, 1.82) is 0 Å². The van der Waals surface area contributed by atoms with E-state index in [4.69, 9.17) is 9.47 Å². The lowest BCUT2D eigenvalue weighted by molar-refractivity contribution is -0.0640. The summed E-state index contributed by atoms with van der Waals surface area (Å²) in [5, 5.41) is 11.1. The molecule has 3 aromatic rings. The van der Waals surface area contributed by atoms with Gasteiger partial charge in [0, 0.05) is 0 Å². The summed E-state index contributed by atoms with van der Waals surface area (Å²) in [5.74, 6) is 0.820. The van der Waals surface area contributed by atoms with Crippen molar-refractivity contribution in [2.45, 2.75) is 50.6 Å². The van der Waals surface area contributed by atoms with Crippen LogP contribution in [0.3, 0.4) is 0 Å². The van der Waals surface area contributed by atoms with Crippen molar-refractivity contribution in [2.24, 2.45) is 0 Å². The topological polar surface area (TPSA) is 38.7 Å². The lowest BCUT2D eigenvalue weighted by Gasteiger charge is -2.36. The van der Waals surface area contributed by atoms with Crippen molar-refractivity contribution in [3.05, 3.63) is 102 Å². The van der Waals surface area contributed by atoms with Crippen molar-refractivity contribution in [3.8, 4) is 5.75 Å². The Bertz CT molecular complexity index is 867. The molecule has 1 N–H and O–H groups in total. The summed E-state index contributed by atoms with van der Waals surface area (Å²) in [6.07, 6.45) is 3.39. The van der Waals surface area contributed by atoms with E-state index in [2.05, 4.69) is 24.3 Å². The van der Waals surface area contributed by atoms with Crippen LogP contribution in [0.15, 0.2) is 84.9 Å². The molecule has 4 rings (SSSR count). The summed E-state index contributed by atoms with van der Waals surface area (Å²) in [4.78, 5) is 0. The normalized spacial score (nSPS) is 21.6. The Labute approximate surface area is 172 Å². The Morgan fingerprint density at radius 3 is 1.86 bits per heavy atom. The van der Waals surface area contributed by atoms with Crippen molar-refractivity contribution < 1.29 is 14.6 Å². The van der Waals surface area contributed by atoms with E-state index in [0.29, 0.717) is 13.2 Å². The zero-order valence-electron chi connectivity index (χ0n) is 16.7. The van der Waals surface area contributed by atoms with Crippen molar-refractivity contribution in [1.82, 2.24) is 0 Å². The fourth-order valence-corrected chi connectivity index (χ4v) is 3.91. The second kappa shape index (κ2) is 9.25. The van der Waals surface area contributed by atoms with Gasteiger partial charge in [-0.3, -0.25) is 0 Å². The third-order valence-corrected chi connectivity index (χ3v) is 5.73. The first-order valence-electron chi connectivity index (χ1n) is 10.4. The zero-order chi connectivity index (χ0) is 19.9. The Balaban J connectivity index is 1.28. The van der Waals surface area contributed by atoms with Crippen LogP contribution in [0.5, 0.6) is 5.75 Å². The molecule has 1 aliphatic carbocycles. The maximum atomic E-state index is 11.1. The van der Waals surface area contributed by atoms with E-state index in [9.17, 15) is 5.11 Å². The third-order valence-electron chi connectivity index (χ3n) is 5.73. The third kappa shape index (κ3) is 5.26. The molecule has 0 atom stereocenters. The Kier molecular flexibility index (Phi) is 6.28. The highest BCUT2D eigenvalue weighted by molar-refractivity contribution is 5.31. The van der Waals surface area contributed by atoms with Gasteiger partial charge in [-0.1, -0.05) is 72.8 Å². The Morgan fingerprint density at radius 2 is 1.28 bits per heavy atom. The van der Waals surface area contributed by atoms with Crippen LogP contribution in [0.1, 0.15) is 42.4 Å². The first kappa shape index (κ1) is 19.7. The summed E-state index contributed by atoms with van der Waals surface area (Å²) >= 11 is 0. The standard InChI is InChI=1S/C26H28O3/c27-26(17-15-25(16-18-26)29-20-22-9-5-2-6-10-22)23-11-13-24(14-12-23)28-19-21-7-3-1-4-8-21/h1-14,25,27H,15-20H2. The van der Waals surface area contributed by atoms with Crippen LogP contribution in [0.25, 0.3) is 0 Å². The second-order valence-corrected chi connectivity index (χ2v) is 7.83. The molecule has 3 aromatic carbocycles. The minimum Gasteiger partial charge on any atom is -0.489 e. The fourth-order valence-electron chi connectivity index (χ4n) is 3.91. The Morgan fingerprint density at radius 1 is 0.724 bits per heavy atom. The van der Waals surface area contributed by atoms with E-state index >= 15 is 0 Å². The summed E-state index contributed by atoms with van der Waals surface area (Å²) < 4.78 is 11.9. The molecule has 150 valence electrons. The number of hydrogen-bond acceptors (Lipinski definition) is 3. The molecule has 0 bridgehead atoms. The molecule has 1 aliphatic rings. The maximum Gasteiger partial charge on any atom is 0.119 e. The number of ether oxygens (including phenoxy) is 2. The average Bonchev–Trinajstić information content (AvgIpc) is 2.79. The van der Waals surface area contributed by atoms with Gasteiger partial charge in [0.1, 0.15) is 12.4 Å². The molecule has 0 spiro atoms. The highest BCUT2D eigenvalue weighted by atomic mass is 16.5. The van der Waals surface area contributed by atoms with Crippen LogP contribution < -0.4 is 4.74 Å². The van der Waals surface area contributed by atoms with E-state index in [1.165, 1.54) is 5.56 Å². The second-order valence-electron chi connectivity index (χ2n) is 7.83. The van der Waals surface area contributed by atoms with Crippen molar-refractivity contribution in [3.63, 3.8) is 0 Å². The minimum atomic E-state index is -0.773. The maximum absolute atomic E-state index is 11.1. The molecule has 0 aliphatic heterocycles. The molecule has 0 unspecified atom stereocenters. The van der Waals surface area contributed by atoms with Gasteiger partial charge in [-0.05, 0) is 54.5 Å². The van der Waals surface area contributed by atoms with Crippen LogP contribution in [0.4, 0.5) is 0 Å². The summed E-state index contributed by atoms with van der Waals surface area (Å²) in [5.41, 5.74) is 2.53. The molecule has 3 heteroatoms. The van der Waals surface area contributed by atoms with Gasteiger partial charge in [0.05, 0.1) is 18.3 Å². The number of hydrogen-bond donors (Lipinski definition) is 1. The smallest absolute Gasteiger partial charge is 0.119 e. The molecule has 0 aromatic heterocycles. The van der Waals surface area contributed by atoms with Crippen LogP contribution in [0.2, 0.25) is 0 Å². The quantitative estimate of drug-likeness (QED) is 0.571. The van der Waals surface area contributed by atoms with Gasteiger partial charge in [0.15, 0.2) is 0 Å². The molecule has 3 nitrogen and oxygen atoms in total. The number of rotatable bonds is 7. The molecule has 0 saturated heterocycles. The monoisotopic (exact) mass is 388 g/mol. The van der Waals surface area contributed by atoms with E-state index in [1.807, 2.05) is 60.7 Å². The zero-order valence-corrected chi connectivity index (χ0v) is 16.7. The largest absolute Gasteiger partial charge is 0.489 e. The van der Waals surface area contributed by atoms with Crippen LogP contribution >= 0.6 is 0 Å². The molecule has 0 radical (unpaired) electrons. The molecule has 0 amide bonds. The van der Waals surface area contributed by atoms with E-state index in [-0.39, 0.29) is 6.10 Å². The van der Waals surface area contributed by atoms with Gasteiger partial charge >= 0.3 is 0 Å². The predicted molar refractivity (Wildman–Crippen MR) is 115 cm³/mol. The molecular formula is C26H28O3. The van der Waals surface area contributed by atoms with Gasteiger partial charge in [0.2, 0.25) is 0 Å². The highest BCUT2D eigenvalue weighted by Crippen LogP contribution is 2.38. The molecule has 29 heavy (non-hydrogen) atoms. The van der Waals surface area contributed by atoms with Gasteiger partial charge in [-0.25, -0.2) is 0 Å². The van der Waals surface area contributed by atoms with Gasteiger partial charge < -0.3 is 14.6 Å². The molecule has 1 fully saturated rings. The highest BCUT2D eigenvalue weighted by Gasteiger charge is 2.35. The predicted octanol–water partition coefficient (Wildman–Crippen LogP) is 5.61. The molecule has 1 saturated carbocycles. The van der Waals surface area contributed by atoms with E-state index < -0.39 is 5.60 Å². The van der Waals surface area contributed by atoms with Crippen LogP contribution in [-0.4, -0.2) is 11.2 Å². The average molecular weight is 389 g/mol. The van der Waals surface area contributed by atoms with Crippen molar-refractivity contribution >= 4 is 0 Å². The van der Waals surface area contributed by atoms with Gasteiger partial charge in [-0.15, -0.1) is 0 Å². The lowest BCUT2D eigenvalue weighted by atomic mass is 9.78. The molecule has 0 heterocycles. The summed E-state index contributed by atoms with van der Waals surface area (Å²) in [6.45, 7) is 1.18. The number of benzene rings is 3. The number of aliphatic hydroxyl groups is 1. The first-order valence-corrected chi connectivity index (χ1v) is 10.4. The van der Waals surface area contributed by atoms with Crippen molar-refractivity contribution in [2.75, 3.05) is 0 Å². The van der Waals surface area contributed by atoms with E-state index in [0.717, 1.165) is 42.6 Å². The summed E-state index contributed by atoms with van der Waals surface area (Å²) in [7, 11) is 0. The van der Waals surface area contributed by atoms with Crippen LogP contribution in [0, 0.1) is 0 Å². The SMILES string of the molecule is OC1(c2ccc(OCc3ccccc3)cc2)CCC(OCc2ccccc2)CC1. The lowest BCUT2D eigenvalue weighted by Crippen LogP contribution is -2.34. The molecular weight excluding hydrogens is 360 g/mol. The fraction of sp³-hybridized carbons (Fsp3) is 0.308. The minimum absolute atomic E-state index is 0.212. The first-order chi connectivity index (χ1) is 14.2. The van der Waals surface area contributed by atoms with Crippen LogP contribution in [-0.2, 0) is 23.6 Å².